The molecule has 2 aromatic carbocycles. The lowest BCUT2D eigenvalue weighted by molar-refractivity contribution is 0.0657. The van der Waals surface area contributed by atoms with Crippen LogP contribution in [0.5, 0.6) is 5.75 Å². The molecule has 5 heteroatoms. The number of carbonyl (C=O) groups excluding carboxylic acids is 1. The summed E-state index contributed by atoms with van der Waals surface area (Å²) in [4.78, 5) is 15.0. The number of nitrogens with two attached hydrogens (primary N) is 1. The second kappa shape index (κ2) is 8.11. The van der Waals surface area contributed by atoms with Gasteiger partial charge in [0.1, 0.15) is 12.4 Å². The summed E-state index contributed by atoms with van der Waals surface area (Å²) in [7, 11) is 0. The number of ether oxygens (including phenoxy) is 2. The zero-order valence-electron chi connectivity index (χ0n) is 15.4. The molecule has 2 saturated heterocycles. The summed E-state index contributed by atoms with van der Waals surface area (Å²) in [6.07, 6.45) is 2.20. The molecule has 0 saturated carbocycles. The number of hydrogen-bond donors (Lipinski definition) is 1. The molecule has 5 nitrogen and oxygen atoms in total. The molecule has 0 bridgehead atoms. The fourth-order valence-electron chi connectivity index (χ4n) is 3.95. The lowest BCUT2D eigenvalue weighted by Crippen LogP contribution is -2.32. The average Bonchev–Trinajstić information content (AvgIpc) is 3.36. The lowest BCUT2D eigenvalue weighted by atomic mass is 9.95. The summed E-state index contributed by atoms with van der Waals surface area (Å²) in [6, 6.07) is 17.6. The van der Waals surface area contributed by atoms with Crippen LogP contribution in [0.3, 0.4) is 0 Å². The van der Waals surface area contributed by atoms with Crippen molar-refractivity contribution < 1.29 is 14.3 Å². The van der Waals surface area contributed by atoms with E-state index in [2.05, 4.69) is 12.1 Å². The summed E-state index contributed by atoms with van der Waals surface area (Å²) in [5, 5.41) is 0. The van der Waals surface area contributed by atoms with Crippen molar-refractivity contribution in [3.8, 4) is 5.75 Å². The zero-order valence-corrected chi connectivity index (χ0v) is 15.4. The van der Waals surface area contributed by atoms with Crippen LogP contribution < -0.4 is 10.5 Å². The molecule has 0 radical (unpaired) electrons. The van der Waals surface area contributed by atoms with Crippen molar-refractivity contribution in [2.24, 2.45) is 5.73 Å². The van der Waals surface area contributed by atoms with Crippen molar-refractivity contribution >= 4 is 5.91 Å². The van der Waals surface area contributed by atoms with Crippen LogP contribution in [0.15, 0.2) is 54.6 Å². The third-order valence-corrected chi connectivity index (χ3v) is 5.45. The van der Waals surface area contributed by atoms with Gasteiger partial charge in [-0.15, -0.1) is 0 Å². The Kier molecular flexibility index (Phi) is 5.41. The highest BCUT2D eigenvalue weighted by Gasteiger charge is 2.35. The number of carbonyl (C=O) groups is 1. The minimum absolute atomic E-state index is 0.0215. The first-order chi connectivity index (χ1) is 13.2. The largest absolute Gasteiger partial charge is 0.490 e. The van der Waals surface area contributed by atoms with Crippen LogP contribution in [0.25, 0.3) is 0 Å². The van der Waals surface area contributed by atoms with Crippen LogP contribution in [0.4, 0.5) is 0 Å². The van der Waals surface area contributed by atoms with Crippen LogP contribution in [-0.4, -0.2) is 49.3 Å². The van der Waals surface area contributed by atoms with E-state index in [-0.39, 0.29) is 24.0 Å². The van der Waals surface area contributed by atoms with E-state index in [1.54, 1.807) is 0 Å². The van der Waals surface area contributed by atoms with Crippen LogP contribution >= 0.6 is 0 Å². The molecule has 142 valence electrons. The third-order valence-electron chi connectivity index (χ3n) is 5.45. The molecule has 2 heterocycles. The Morgan fingerprint density at radius 1 is 1.11 bits per heavy atom. The van der Waals surface area contributed by atoms with Crippen molar-refractivity contribution in [2.45, 2.75) is 30.9 Å². The van der Waals surface area contributed by atoms with Gasteiger partial charge in [-0.3, -0.25) is 4.79 Å². The van der Waals surface area contributed by atoms with Gasteiger partial charge < -0.3 is 20.1 Å². The van der Waals surface area contributed by atoms with Crippen molar-refractivity contribution in [1.82, 2.24) is 4.90 Å². The van der Waals surface area contributed by atoms with Crippen molar-refractivity contribution in [2.75, 3.05) is 26.3 Å². The van der Waals surface area contributed by atoms with E-state index in [0.29, 0.717) is 31.0 Å². The maximum atomic E-state index is 13.1. The molecule has 4 rings (SSSR count). The number of nitrogens with zero attached hydrogens (tertiary/aromatic N) is 1. The summed E-state index contributed by atoms with van der Waals surface area (Å²) >= 11 is 0. The number of likely N-dealkylation sites (tertiary alicyclic amines) is 1. The molecular formula is C22H26N2O3. The number of benzene rings is 2. The second-order valence-electron chi connectivity index (χ2n) is 7.33. The highest BCUT2D eigenvalue weighted by molar-refractivity contribution is 5.97. The van der Waals surface area contributed by atoms with E-state index in [0.717, 1.165) is 19.4 Å². The fourth-order valence-corrected chi connectivity index (χ4v) is 3.95. The first-order valence-corrected chi connectivity index (χ1v) is 9.65. The van der Waals surface area contributed by atoms with Crippen LogP contribution in [0.2, 0.25) is 0 Å². The third kappa shape index (κ3) is 3.99. The Hall–Kier alpha value is -2.37. The fraction of sp³-hybridized carbons (Fsp3) is 0.409. The van der Waals surface area contributed by atoms with Crippen LogP contribution in [0, 0.1) is 0 Å². The normalized spacial score (nSPS) is 24.9. The van der Waals surface area contributed by atoms with Crippen molar-refractivity contribution in [1.29, 1.82) is 0 Å². The molecular weight excluding hydrogens is 340 g/mol. The van der Waals surface area contributed by atoms with E-state index < -0.39 is 0 Å². The monoisotopic (exact) mass is 366 g/mol. The minimum Gasteiger partial charge on any atom is -0.490 e. The Balaban J connectivity index is 1.46. The molecule has 2 N–H and O–H groups in total. The van der Waals surface area contributed by atoms with Gasteiger partial charge in [0.15, 0.2) is 0 Å². The maximum Gasteiger partial charge on any atom is 0.257 e. The quantitative estimate of drug-likeness (QED) is 0.884. The molecule has 2 aliphatic rings. The second-order valence-corrected chi connectivity index (χ2v) is 7.33. The van der Waals surface area contributed by atoms with Gasteiger partial charge >= 0.3 is 0 Å². The highest BCUT2D eigenvalue weighted by atomic mass is 16.5. The first-order valence-electron chi connectivity index (χ1n) is 9.65. The van der Waals surface area contributed by atoms with E-state index in [4.69, 9.17) is 15.2 Å². The molecule has 3 atom stereocenters. The van der Waals surface area contributed by atoms with Crippen LogP contribution in [-0.2, 0) is 4.74 Å². The van der Waals surface area contributed by atoms with Gasteiger partial charge in [0, 0.05) is 31.7 Å². The summed E-state index contributed by atoms with van der Waals surface area (Å²) in [5.74, 6) is 0.761. The SMILES string of the molecule is N[C@@H]1CN(C(=O)c2ccccc2OCC2CCCO2)C[C@H]1c1ccccc1. The van der Waals surface area contributed by atoms with Crippen LogP contribution in [0.1, 0.15) is 34.7 Å². The zero-order chi connectivity index (χ0) is 18.6. The minimum atomic E-state index is -0.0590. The molecule has 27 heavy (non-hydrogen) atoms. The van der Waals surface area contributed by atoms with Gasteiger partial charge in [-0.25, -0.2) is 0 Å². The number of amides is 1. The standard InChI is InChI=1S/C22H26N2O3/c23-20-14-24(13-19(20)16-7-2-1-3-8-16)22(25)18-10-4-5-11-21(18)27-15-17-9-6-12-26-17/h1-5,7-8,10-11,17,19-20H,6,9,12-15,23H2/t17?,19-,20+/m0/s1. The molecule has 1 amide bonds. The van der Waals surface area contributed by atoms with Crippen molar-refractivity contribution in [3.05, 3.63) is 65.7 Å². The smallest absolute Gasteiger partial charge is 0.257 e. The van der Waals surface area contributed by atoms with E-state index in [9.17, 15) is 4.79 Å². The molecule has 0 aromatic heterocycles. The number of rotatable bonds is 5. The molecule has 2 fully saturated rings. The molecule has 0 spiro atoms. The number of para-hydroxylation sites is 1. The van der Waals surface area contributed by atoms with E-state index >= 15 is 0 Å². The molecule has 0 aliphatic carbocycles. The molecule has 2 aliphatic heterocycles. The highest BCUT2D eigenvalue weighted by Crippen LogP contribution is 2.29. The Morgan fingerprint density at radius 2 is 1.89 bits per heavy atom. The predicted molar refractivity (Wildman–Crippen MR) is 104 cm³/mol. The summed E-state index contributed by atoms with van der Waals surface area (Å²) in [5.41, 5.74) is 8.13. The summed E-state index contributed by atoms with van der Waals surface area (Å²) in [6.45, 7) is 2.46. The first kappa shape index (κ1) is 18.0. The van der Waals surface area contributed by atoms with Gasteiger partial charge in [0.2, 0.25) is 0 Å². The topological polar surface area (TPSA) is 64.8 Å². The predicted octanol–water partition coefficient (Wildman–Crippen LogP) is 2.81. The van der Waals surface area contributed by atoms with Gasteiger partial charge in [0.05, 0.1) is 11.7 Å². The molecule has 1 unspecified atom stereocenters. The Labute approximate surface area is 160 Å². The van der Waals surface area contributed by atoms with Gasteiger partial charge in [-0.1, -0.05) is 42.5 Å². The van der Waals surface area contributed by atoms with Gasteiger partial charge in [-0.2, -0.15) is 0 Å². The van der Waals surface area contributed by atoms with E-state index in [1.165, 1.54) is 5.56 Å². The Bertz CT molecular complexity index is 774. The lowest BCUT2D eigenvalue weighted by Gasteiger charge is -2.19. The van der Waals surface area contributed by atoms with Crippen molar-refractivity contribution in [3.63, 3.8) is 0 Å². The Morgan fingerprint density at radius 3 is 2.67 bits per heavy atom. The van der Waals surface area contributed by atoms with Gasteiger partial charge in [-0.05, 0) is 30.5 Å². The maximum absolute atomic E-state index is 13.1. The van der Waals surface area contributed by atoms with Gasteiger partial charge in [0.25, 0.3) is 5.91 Å². The average molecular weight is 366 g/mol. The summed E-state index contributed by atoms with van der Waals surface area (Å²) < 4.78 is 11.6. The van der Waals surface area contributed by atoms with E-state index in [1.807, 2.05) is 47.4 Å². The number of hydrogen-bond acceptors (Lipinski definition) is 4. The molecule has 2 aromatic rings.